The fourth-order valence-electron chi connectivity index (χ4n) is 4.53. The molecule has 0 aromatic rings. The van der Waals surface area contributed by atoms with E-state index in [9.17, 15) is 43.8 Å². The zero-order chi connectivity index (χ0) is 45.1. The van der Waals surface area contributed by atoms with Gasteiger partial charge in [0.2, 0.25) is 0 Å². The molecule has 1 aliphatic heterocycles. The van der Waals surface area contributed by atoms with Gasteiger partial charge in [-0.2, -0.15) is 0 Å². The molecule has 0 aliphatic carbocycles. The van der Waals surface area contributed by atoms with E-state index in [2.05, 4.69) is 68.6 Å². The average Bonchev–Trinajstić information content (AvgIpc) is 3.38. The number of hydrogen-bond donors (Lipinski definition) is 2. The number of esters is 5. The van der Waals surface area contributed by atoms with Gasteiger partial charge in [0.25, 0.3) is 5.91 Å². The average molecular weight is 868 g/mol. The van der Waals surface area contributed by atoms with Crippen LogP contribution in [0.5, 0.6) is 0 Å². The van der Waals surface area contributed by atoms with Crippen molar-refractivity contribution >= 4 is 41.8 Å². The number of amides is 3. The van der Waals surface area contributed by atoms with Crippen LogP contribution in [0.15, 0.2) is 69.9 Å². The molecule has 1 saturated heterocycles. The molecule has 0 aromatic carbocycles. The summed E-state index contributed by atoms with van der Waals surface area (Å²) < 4.78 is 44.6. The summed E-state index contributed by atoms with van der Waals surface area (Å²) in [5.41, 5.74) is -4.23. The Kier molecular flexibility index (Phi) is 26.8. The van der Waals surface area contributed by atoms with Crippen molar-refractivity contribution in [2.24, 2.45) is 10.8 Å². The molecule has 2 N–H and O–H groups in total. The summed E-state index contributed by atoms with van der Waals surface area (Å²) >= 11 is 2.31. The third-order valence-corrected chi connectivity index (χ3v) is 7.57. The van der Waals surface area contributed by atoms with E-state index < -0.39 is 123 Å². The summed E-state index contributed by atoms with van der Waals surface area (Å²) in [6.07, 6.45) is 1.72. The zero-order valence-electron chi connectivity index (χ0n) is 32.6. The number of rotatable bonds is 27. The Bertz CT molecular complexity index is 1380. The van der Waals surface area contributed by atoms with Gasteiger partial charge in [-0.3, -0.25) is 16.3 Å². The van der Waals surface area contributed by atoms with Crippen LogP contribution in [0.25, 0.3) is 0 Å². The molecule has 0 bridgehead atoms. The van der Waals surface area contributed by atoms with Gasteiger partial charge in [0.05, 0.1) is 63.7 Å². The van der Waals surface area contributed by atoms with E-state index in [0.29, 0.717) is 0 Å². The maximum absolute atomic E-state index is 13.4. The Morgan fingerprint density at radius 2 is 1.00 bits per heavy atom. The molecule has 1 aliphatic rings. The van der Waals surface area contributed by atoms with Crippen LogP contribution in [0.4, 0.5) is 4.79 Å². The van der Waals surface area contributed by atoms with E-state index in [0.717, 1.165) is 40.2 Å². The predicted molar refractivity (Wildman–Crippen MR) is 198 cm³/mol. The van der Waals surface area contributed by atoms with E-state index in [-0.39, 0.29) is 19.8 Å². The van der Waals surface area contributed by atoms with Crippen molar-refractivity contribution in [1.82, 2.24) is 9.80 Å². The number of carbonyl (C=O) groups is 7. The van der Waals surface area contributed by atoms with Crippen molar-refractivity contribution in [3.05, 3.63) is 83.4 Å². The summed E-state index contributed by atoms with van der Waals surface area (Å²) in [6.45, 7) is 25.8. The Hall–Kier alpha value is -5.12. The fourth-order valence-corrected chi connectivity index (χ4v) is 4.53. The van der Waals surface area contributed by atoms with E-state index in [4.69, 9.17) is 37.0 Å². The van der Waals surface area contributed by atoms with E-state index >= 15 is 0 Å². The summed E-state index contributed by atoms with van der Waals surface area (Å²) in [7, 11) is 0. The second-order valence-electron chi connectivity index (χ2n) is 12.8. The standard InChI is InChI=1S/C36H49N2O16.C2H3.Co.O/c1-9-27(41)50-19-35(8,20-51-28(42)10-2)18-48-16-25(39)14-37-32(46)34(6,7)38(33(37)47)15-26(40)17-49-21-36(22-52-29(43)11-3,23-53-30(44)12-4)24-54-31(45)13-5;1-2;;/h9-13,25-26,39-40H,1-5,8,14-24H2,6-7H3;1H,2H2;;/q2*-1;;. The normalized spacial score (nSPS) is 14.1. The minimum absolute atomic E-state index is 0.282. The molecule has 0 spiro atoms. The molecule has 1 fully saturated rings. The Labute approximate surface area is 345 Å². The second kappa shape index (κ2) is 28.3. The van der Waals surface area contributed by atoms with Crippen LogP contribution in [0, 0.1) is 24.3 Å². The van der Waals surface area contributed by atoms with Crippen molar-refractivity contribution in [2.75, 3.05) is 72.6 Å². The van der Waals surface area contributed by atoms with Crippen LogP contribution in [0.1, 0.15) is 13.8 Å². The molecule has 2 atom stereocenters. The molecule has 1 heterocycles. The molecular formula is C38H52CoN2O17-2. The van der Waals surface area contributed by atoms with Crippen LogP contribution < -0.4 is 0 Å². The van der Waals surface area contributed by atoms with Crippen LogP contribution in [-0.4, -0.2) is 152 Å². The Morgan fingerprint density at radius 1 is 0.672 bits per heavy atom. The molecular weight excluding hydrogens is 815 g/mol. The number of aliphatic hydroxyl groups excluding tert-OH is 2. The molecule has 2 unspecified atom stereocenters. The first-order valence-corrected chi connectivity index (χ1v) is 17.3. The van der Waals surface area contributed by atoms with Gasteiger partial charge >= 0.3 is 55.4 Å². The quantitative estimate of drug-likeness (QED) is 0.0380. The van der Waals surface area contributed by atoms with Crippen LogP contribution in [0.2, 0.25) is 0 Å². The van der Waals surface area contributed by atoms with Crippen molar-refractivity contribution in [2.45, 2.75) is 31.6 Å². The fraction of sp³-hybridized carbons (Fsp3) is 0.474. The van der Waals surface area contributed by atoms with E-state index in [1.54, 1.807) is 0 Å². The van der Waals surface area contributed by atoms with Crippen LogP contribution in [0.3, 0.4) is 0 Å². The number of aliphatic hydroxyl groups is 2. The maximum atomic E-state index is 13.4. The monoisotopic (exact) mass is 867 g/mol. The third kappa shape index (κ3) is 19.3. The van der Waals surface area contributed by atoms with Crippen LogP contribution >= 0.6 is 0 Å². The van der Waals surface area contributed by atoms with Crippen LogP contribution in [-0.2, 0) is 81.5 Å². The molecule has 19 nitrogen and oxygen atoms in total. The van der Waals surface area contributed by atoms with E-state index in [1.165, 1.54) is 13.8 Å². The molecule has 20 heteroatoms. The number of urea groups is 1. The summed E-state index contributed by atoms with van der Waals surface area (Å²) in [5.74, 6) is -4.71. The number of carbonyl (C=O) groups excluding carboxylic acids is 7. The predicted octanol–water partition coefficient (Wildman–Crippen LogP) is 0.721. The summed E-state index contributed by atoms with van der Waals surface area (Å²) in [6, 6.07) is -0.833. The molecule has 1 rings (SSSR count). The third-order valence-electron chi connectivity index (χ3n) is 7.57. The van der Waals surface area contributed by atoms with Gasteiger partial charge in [-0.25, -0.2) is 28.8 Å². The van der Waals surface area contributed by atoms with Crippen molar-refractivity contribution in [3.63, 3.8) is 0 Å². The number of hydrogen-bond acceptors (Lipinski definition) is 17. The topological polar surface area (TPSA) is 248 Å². The molecule has 58 heavy (non-hydrogen) atoms. The van der Waals surface area contributed by atoms with Crippen molar-refractivity contribution in [1.29, 1.82) is 0 Å². The van der Waals surface area contributed by atoms with Gasteiger partial charge in [-0.15, -0.1) is 0 Å². The van der Waals surface area contributed by atoms with Gasteiger partial charge < -0.3 is 61.8 Å². The molecule has 0 aromatic heterocycles. The first kappa shape index (κ1) is 55.0. The molecule has 0 saturated carbocycles. The van der Waals surface area contributed by atoms with Gasteiger partial charge in [0, 0.05) is 37.0 Å². The second-order valence-corrected chi connectivity index (χ2v) is 12.8. The Balaban J connectivity index is 0. The summed E-state index contributed by atoms with van der Waals surface area (Å²) in [5, 5.41) is 21.5. The van der Waals surface area contributed by atoms with Gasteiger partial charge in [0.15, 0.2) is 0 Å². The van der Waals surface area contributed by atoms with Gasteiger partial charge in [0.1, 0.15) is 25.4 Å². The number of imide groups is 1. The number of β-amino-alcohol motifs (C(OH)–C–C–N with tert-alkyl or cyclic N) is 2. The molecule has 327 valence electrons. The van der Waals surface area contributed by atoms with Crippen molar-refractivity contribution < 1.29 is 96.5 Å². The van der Waals surface area contributed by atoms with E-state index in [1.807, 2.05) is 0 Å². The van der Waals surface area contributed by atoms with Crippen molar-refractivity contribution in [3.8, 4) is 0 Å². The first-order valence-electron chi connectivity index (χ1n) is 16.8. The molecule has 0 radical (unpaired) electrons. The first-order chi connectivity index (χ1) is 27.3. The number of nitrogens with zero attached hydrogens (tertiary/aromatic N) is 2. The van der Waals surface area contributed by atoms with Gasteiger partial charge in [-0.05, 0) is 13.8 Å². The minimum atomic E-state index is -1.47. The zero-order valence-corrected chi connectivity index (χ0v) is 33.6. The number of ether oxygens (including phenoxy) is 7. The summed E-state index contributed by atoms with van der Waals surface area (Å²) in [4.78, 5) is 87.2. The SMILES string of the molecule is C=CC(=O)OCC([CH2-])(COCC(O)CN1C(=O)N(CC(O)COCC(COC(=O)C=C)(COC(=O)C=C)COC(=O)C=C)C(C)(C)C1=O)COC(=O)C=C.[CH-]=C.[O]=[Co]. The molecule has 3 amide bonds. The van der Waals surface area contributed by atoms with Gasteiger partial charge in [-0.1, -0.05) is 38.3 Å². The Morgan fingerprint density at radius 3 is 1.36 bits per heavy atom.